The summed E-state index contributed by atoms with van der Waals surface area (Å²) < 4.78 is 21.4. The molecular formula is C31H31FN2O3. The molecule has 190 valence electrons. The van der Waals surface area contributed by atoms with E-state index >= 15 is 0 Å². The molecule has 0 fully saturated rings. The zero-order valence-corrected chi connectivity index (χ0v) is 21.0. The van der Waals surface area contributed by atoms with Gasteiger partial charge >= 0.3 is 5.97 Å². The molecule has 0 saturated carbocycles. The van der Waals surface area contributed by atoms with E-state index in [4.69, 9.17) is 4.74 Å². The fourth-order valence-corrected chi connectivity index (χ4v) is 5.46. The van der Waals surface area contributed by atoms with Crippen LogP contribution in [0.4, 0.5) is 4.39 Å². The summed E-state index contributed by atoms with van der Waals surface area (Å²) in [4.78, 5) is 25.9. The lowest BCUT2D eigenvalue weighted by molar-refractivity contribution is -0.143. The predicted octanol–water partition coefficient (Wildman–Crippen LogP) is 5.34. The Morgan fingerprint density at radius 3 is 2.51 bits per heavy atom. The van der Waals surface area contributed by atoms with Crippen molar-refractivity contribution < 1.29 is 18.7 Å². The van der Waals surface area contributed by atoms with Gasteiger partial charge in [-0.1, -0.05) is 60.7 Å². The fourth-order valence-electron chi connectivity index (χ4n) is 5.46. The summed E-state index contributed by atoms with van der Waals surface area (Å²) in [5.41, 5.74) is 4.92. The lowest BCUT2D eigenvalue weighted by Crippen LogP contribution is -2.42. The number of nitrogens with one attached hydrogen (secondary N) is 1. The van der Waals surface area contributed by atoms with Crippen LogP contribution in [0, 0.1) is 5.82 Å². The van der Waals surface area contributed by atoms with Gasteiger partial charge in [-0.05, 0) is 67.5 Å². The number of carbonyl (C=O) groups excluding carboxylic acids is 2. The number of rotatable bonds is 8. The van der Waals surface area contributed by atoms with Crippen LogP contribution in [0.5, 0.6) is 0 Å². The number of esters is 1. The maximum Gasteiger partial charge on any atom is 0.325 e. The van der Waals surface area contributed by atoms with Gasteiger partial charge in [0.2, 0.25) is 5.91 Å². The number of amides is 1. The Balaban J connectivity index is 1.40. The van der Waals surface area contributed by atoms with E-state index in [-0.39, 0.29) is 36.2 Å². The molecule has 0 bridgehead atoms. The Morgan fingerprint density at radius 2 is 1.78 bits per heavy atom. The molecule has 1 amide bonds. The van der Waals surface area contributed by atoms with E-state index in [9.17, 15) is 14.0 Å². The van der Waals surface area contributed by atoms with Crippen molar-refractivity contribution in [2.75, 3.05) is 6.61 Å². The summed E-state index contributed by atoms with van der Waals surface area (Å²) in [6.45, 7) is 2.19. The number of carbonyl (C=O) groups is 2. The van der Waals surface area contributed by atoms with Crippen LogP contribution in [0.1, 0.15) is 41.6 Å². The standard InChI is InChI=1S/C31H31FN2O3/c1-2-37-30(35)20-34-28-15-13-23(32)18-26(28)27-19-24(14-16-29(27)34)33-31(36)25(22-11-7-4-8-12-22)17-21-9-5-3-6-10-21/h3-13,15,18,24-25H,2,14,16-17,19-20H2,1H3,(H,33,36)/t24-,25?/m0/s1. The van der Waals surface area contributed by atoms with Gasteiger partial charge in [-0.2, -0.15) is 0 Å². The van der Waals surface area contributed by atoms with Crippen LogP contribution < -0.4 is 5.32 Å². The summed E-state index contributed by atoms with van der Waals surface area (Å²) in [6.07, 6.45) is 2.63. The topological polar surface area (TPSA) is 60.3 Å². The van der Waals surface area contributed by atoms with Crippen molar-refractivity contribution in [2.24, 2.45) is 0 Å². The Bertz CT molecular complexity index is 1400. The SMILES string of the molecule is CCOC(=O)Cn1c2c(c3cc(F)ccc31)C[C@@H](NC(=O)C(Cc1ccccc1)c1ccccc1)CC2. The highest BCUT2D eigenvalue weighted by Crippen LogP contribution is 2.33. The number of nitrogens with zero attached hydrogens (tertiary/aromatic N) is 1. The lowest BCUT2D eigenvalue weighted by Gasteiger charge is -2.27. The largest absolute Gasteiger partial charge is 0.465 e. The summed E-state index contributed by atoms with van der Waals surface area (Å²) in [6, 6.07) is 24.5. The Labute approximate surface area is 216 Å². The molecule has 37 heavy (non-hydrogen) atoms. The first-order chi connectivity index (χ1) is 18.0. The molecule has 1 heterocycles. The highest BCUT2D eigenvalue weighted by atomic mass is 19.1. The van der Waals surface area contributed by atoms with Crippen molar-refractivity contribution in [1.29, 1.82) is 0 Å². The molecule has 1 N–H and O–H groups in total. The first-order valence-electron chi connectivity index (χ1n) is 12.9. The molecule has 2 atom stereocenters. The van der Waals surface area contributed by atoms with Gasteiger partial charge < -0.3 is 14.6 Å². The molecule has 1 aliphatic rings. The number of benzene rings is 3. The molecule has 3 aromatic carbocycles. The number of halogens is 1. The first-order valence-corrected chi connectivity index (χ1v) is 12.9. The van der Waals surface area contributed by atoms with Crippen LogP contribution in [-0.2, 0) is 40.1 Å². The third-order valence-corrected chi connectivity index (χ3v) is 7.17. The number of fused-ring (bicyclic) bond motifs is 3. The van der Waals surface area contributed by atoms with E-state index < -0.39 is 0 Å². The van der Waals surface area contributed by atoms with Crippen LogP contribution >= 0.6 is 0 Å². The average molecular weight is 499 g/mol. The highest BCUT2D eigenvalue weighted by Gasteiger charge is 2.30. The van der Waals surface area contributed by atoms with E-state index in [1.54, 1.807) is 13.0 Å². The van der Waals surface area contributed by atoms with Gasteiger partial charge in [0.15, 0.2) is 0 Å². The van der Waals surface area contributed by atoms with Gasteiger partial charge in [0, 0.05) is 22.6 Å². The summed E-state index contributed by atoms with van der Waals surface area (Å²) in [5, 5.41) is 4.09. The number of ether oxygens (including phenoxy) is 1. The van der Waals surface area contributed by atoms with Crippen LogP contribution in [-0.4, -0.2) is 29.1 Å². The number of hydrogen-bond donors (Lipinski definition) is 1. The summed E-state index contributed by atoms with van der Waals surface area (Å²) >= 11 is 0. The van der Waals surface area contributed by atoms with E-state index in [0.29, 0.717) is 25.9 Å². The molecule has 1 unspecified atom stereocenters. The van der Waals surface area contributed by atoms with E-state index in [1.807, 2.05) is 65.2 Å². The molecule has 1 aromatic heterocycles. The van der Waals surface area contributed by atoms with Gasteiger partial charge in [0.1, 0.15) is 12.4 Å². The molecule has 5 rings (SSSR count). The minimum atomic E-state index is -0.318. The molecular weight excluding hydrogens is 467 g/mol. The quantitative estimate of drug-likeness (QED) is 0.334. The predicted molar refractivity (Wildman–Crippen MR) is 142 cm³/mol. The van der Waals surface area contributed by atoms with Crippen LogP contribution in [0.2, 0.25) is 0 Å². The third kappa shape index (κ3) is 5.43. The van der Waals surface area contributed by atoms with E-state index in [1.165, 1.54) is 12.1 Å². The average Bonchev–Trinajstić information content (AvgIpc) is 3.20. The van der Waals surface area contributed by atoms with Gasteiger partial charge in [-0.15, -0.1) is 0 Å². The fraction of sp³-hybridized carbons (Fsp3) is 0.290. The van der Waals surface area contributed by atoms with Crippen molar-refractivity contribution in [3.8, 4) is 0 Å². The van der Waals surface area contributed by atoms with Gasteiger partial charge in [0.05, 0.1) is 12.5 Å². The molecule has 5 nitrogen and oxygen atoms in total. The molecule has 0 radical (unpaired) electrons. The third-order valence-electron chi connectivity index (χ3n) is 7.17. The lowest BCUT2D eigenvalue weighted by atomic mass is 9.88. The summed E-state index contributed by atoms with van der Waals surface area (Å²) in [7, 11) is 0. The van der Waals surface area contributed by atoms with Gasteiger partial charge in [-0.3, -0.25) is 9.59 Å². The van der Waals surface area contributed by atoms with Crippen molar-refractivity contribution in [1.82, 2.24) is 9.88 Å². The second kappa shape index (κ2) is 11.0. The zero-order chi connectivity index (χ0) is 25.8. The molecule has 0 aliphatic heterocycles. The van der Waals surface area contributed by atoms with Crippen molar-refractivity contribution in [3.63, 3.8) is 0 Å². The normalized spacial score (nSPS) is 15.7. The number of hydrogen-bond acceptors (Lipinski definition) is 3. The van der Waals surface area contributed by atoms with Crippen LogP contribution in [0.15, 0.2) is 78.9 Å². The minimum Gasteiger partial charge on any atom is -0.465 e. The molecule has 0 spiro atoms. The maximum atomic E-state index is 14.2. The smallest absolute Gasteiger partial charge is 0.325 e. The second-order valence-corrected chi connectivity index (χ2v) is 9.58. The van der Waals surface area contributed by atoms with Gasteiger partial charge in [0.25, 0.3) is 0 Å². The van der Waals surface area contributed by atoms with Crippen molar-refractivity contribution in [2.45, 2.75) is 51.1 Å². The minimum absolute atomic E-state index is 0.00931. The second-order valence-electron chi connectivity index (χ2n) is 9.58. The summed E-state index contributed by atoms with van der Waals surface area (Å²) in [5.74, 6) is -0.951. The molecule has 0 saturated heterocycles. The Hall–Kier alpha value is -3.93. The van der Waals surface area contributed by atoms with Gasteiger partial charge in [-0.25, -0.2) is 4.39 Å². The van der Waals surface area contributed by atoms with Crippen molar-refractivity contribution >= 4 is 22.8 Å². The first kappa shape index (κ1) is 24.8. The van der Waals surface area contributed by atoms with E-state index in [0.717, 1.165) is 39.7 Å². The van der Waals surface area contributed by atoms with Crippen molar-refractivity contribution in [3.05, 3.63) is 107 Å². The van der Waals surface area contributed by atoms with Crippen LogP contribution in [0.25, 0.3) is 10.9 Å². The monoisotopic (exact) mass is 498 g/mol. The molecule has 1 aliphatic carbocycles. The Morgan fingerprint density at radius 1 is 1.05 bits per heavy atom. The highest BCUT2D eigenvalue weighted by molar-refractivity contribution is 5.88. The van der Waals surface area contributed by atoms with Crippen LogP contribution in [0.3, 0.4) is 0 Å². The Kier molecular flexibility index (Phi) is 7.35. The number of aromatic nitrogens is 1. The molecule has 6 heteroatoms. The molecule has 4 aromatic rings. The maximum absolute atomic E-state index is 14.2. The van der Waals surface area contributed by atoms with E-state index in [2.05, 4.69) is 5.32 Å². The zero-order valence-electron chi connectivity index (χ0n) is 21.0.